The maximum absolute atomic E-state index is 6.25. The van der Waals surface area contributed by atoms with E-state index in [9.17, 15) is 0 Å². The van der Waals surface area contributed by atoms with E-state index >= 15 is 0 Å². The molecule has 10 aromatic rings. The minimum atomic E-state index is 0.597. The first kappa shape index (κ1) is 29.5. The molecule has 0 unspecified atom stereocenters. The third kappa shape index (κ3) is 4.71. The van der Waals surface area contributed by atoms with Crippen LogP contribution in [0.4, 0.5) is 0 Å². The number of nitrogens with zero attached hydrogens (tertiary/aromatic N) is 4. The van der Waals surface area contributed by atoms with Gasteiger partial charge in [0.2, 0.25) is 0 Å². The fraction of sp³-hybridized carbons (Fsp3) is 0. The number of para-hydroxylation sites is 1. The van der Waals surface area contributed by atoms with Gasteiger partial charge in [-0.1, -0.05) is 140 Å². The molecule has 0 spiro atoms. The van der Waals surface area contributed by atoms with Crippen LogP contribution < -0.4 is 0 Å². The van der Waals surface area contributed by atoms with Crippen molar-refractivity contribution in [1.82, 2.24) is 19.9 Å². The summed E-state index contributed by atoms with van der Waals surface area (Å²) in [6.45, 7) is 0. The monoisotopic (exact) mass is 676 g/mol. The molecule has 7 aromatic carbocycles. The van der Waals surface area contributed by atoms with Crippen LogP contribution in [0.2, 0.25) is 0 Å². The van der Waals surface area contributed by atoms with Crippen LogP contribution in [0.1, 0.15) is 0 Å². The number of furan rings is 1. The predicted molar refractivity (Wildman–Crippen MR) is 214 cm³/mol. The Labute approximate surface area is 304 Å². The molecule has 0 saturated carbocycles. The predicted octanol–water partition coefficient (Wildman–Crippen LogP) is 12.3. The van der Waals surface area contributed by atoms with E-state index in [1.165, 1.54) is 38.6 Å². The SMILES string of the molecule is c1ccc(-c2ccc(-c3nc(-c4ccc(-c5ccc6c7c(cccc57)-c5ccncc5-6)cc4)nc(-c4cccc5oc6ccccc6c45)n3)cc2)cc1. The number of benzene rings is 7. The van der Waals surface area contributed by atoms with E-state index in [-0.39, 0.29) is 0 Å². The van der Waals surface area contributed by atoms with E-state index in [4.69, 9.17) is 19.4 Å². The highest BCUT2D eigenvalue weighted by molar-refractivity contribution is 6.18. The molecule has 5 nitrogen and oxygen atoms in total. The minimum Gasteiger partial charge on any atom is -0.456 e. The second-order valence-corrected chi connectivity index (χ2v) is 13.4. The number of pyridine rings is 1. The van der Waals surface area contributed by atoms with Crippen LogP contribution in [0.15, 0.2) is 175 Å². The first-order valence-corrected chi connectivity index (χ1v) is 17.7. The quantitative estimate of drug-likeness (QED) is 0.181. The molecule has 0 atom stereocenters. The zero-order chi connectivity index (χ0) is 34.9. The smallest absolute Gasteiger partial charge is 0.164 e. The Bertz CT molecular complexity index is 3010. The third-order valence-corrected chi connectivity index (χ3v) is 10.4. The second-order valence-electron chi connectivity index (χ2n) is 13.4. The molecule has 0 amide bonds. The van der Waals surface area contributed by atoms with Crippen LogP contribution >= 0.6 is 0 Å². The summed E-state index contributed by atoms with van der Waals surface area (Å²) in [4.78, 5) is 19.8. The van der Waals surface area contributed by atoms with Crippen LogP contribution in [0.5, 0.6) is 0 Å². The molecular weight excluding hydrogens is 649 g/mol. The van der Waals surface area contributed by atoms with E-state index in [0.717, 1.165) is 55.3 Å². The molecule has 246 valence electrons. The first-order valence-electron chi connectivity index (χ1n) is 17.7. The normalized spacial score (nSPS) is 11.8. The average molecular weight is 677 g/mol. The molecule has 11 rings (SSSR count). The van der Waals surface area contributed by atoms with Crippen molar-refractivity contribution in [3.05, 3.63) is 170 Å². The Kier molecular flexibility index (Phi) is 6.48. The molecule has 0 bridgehead atoms. The van der Waals surface area contributed by atoms with Crippen molar-refractivity contribution in [2.24, 2.45) is 0 Å². The van der Waals surface area contributed by atoms with E-state index in [1.807, 2.05) is 48.8 Å². The van der Waals surface area contributed by atoms with Crippen molar-refractivity contribution in [3.63, 3.8) is 0 Å². The molecule has 1 aliphatic rings. The summed E-state index contributed by atoms with van der Waals surface area (Å²) in [5, 5.41) is 4.53. The van der Waals surface area contributed by atoms with Gasteiger partial charge in [-0.15, -0.1) is 0 Å². The Morgan fingerprint density at radius 3 is 1.72 bits per heavy atom. The van der Waals surface area contributed by atoms with Crippen LogP contribution in [-0.2, 0) is 0 Å². The van der Waals surface area contributed by atoms with Crippen LogP contribution in [0, 0.1) is 0 Å². The van der Waals surface area contributed by atoms with Gasteiger partial charge in [0.15, 0.2) is 17.5 Å². The molecule has 0 radical (unpaired) electrons. The molecule has 0 saturated heterocycles. The van der Waals surface area contributed by atoms with Crippen LogP contribution in [-0.4, -0.2) is 19.9 Å². The summed E-state index contributed by atoms with van der Waals surface area (Å²) in [6, 6.07) is 54.7. The molecule has 0 N–H and O–H groups in total. The molecule has 1 aliphatic carbocycles. The standard InChI is InChI=1S/C48H28N4O/c1-2-8-29(9-3-1)30-16-20-32(21-17-30)46-50-47(52-48(51-46)40-13-7-15-43-45(40)39-10-4-5-14-42(39)53-43)33-22-18-31(19-23-33)34-24-25-38-41-28-49-27-26-35(41)37-12-6-11-36(34)44(37)38/h1-28H. The van der Waals surface area contributed by atoms with Crippen molar-refractivity contribution in [2.45, 2.75) is 0 Å². The fourth-order valence-corrected chi connectivity index (χ4v) is 7.91. The van der Waals surface area contributed by atoms with E-state index in [1.54, 1.807) is 0 Å². The summed E-state index contributed by atoms with van der Waals surface area (Å²) in [5.41, 5.74) is 13.9. The summed E-state index contributed by atoms with van der Waals surface area (Å²) >= 11 is 0. The molecule has 53 heavy (non-hydrogen) atoms. The van der Waals surface area contributed by atoms with Crippen LogP contribution in [0.25, 0.3) is 111 Å². The van der Waals surface area contributed by atoms with Crippen LogP contribution in [0.3, 0.4) is 0 Å². The van der Waals surface area contributed by atoms with E-state index in [0.29, 0.717) is 17.5 Å². The Morgan fingerprint density at radius 1 is 0.321 bits per heavy atom. The topological polar surface area (TPSA) is 64.7 Å². The van der Waals surface area contributed by atoms with Gasteiger partial charge in [0, 0.05) is 45.4 Å². The summed E-state index contributed by atoms with van der Waals surface area (Å²) in [5.74, 6) is 1.82. The van der Waals surface area contributed by atoms with Crippen molar-refractivity contribution in [3.8, 4) is 78.7 Å². The molecule has 3 aromatic heterocycles. The van der Waals surface area contributed by atoms with Crippen molar-refractivity contribution >= 4 is 32.7 Å². The second kappa shape index (κ2) is 11.7. The van der Waals surface area contributed by atoms with Gasteiger partial charge in [-0.3, -0.25) is 4.98 Å². The van der Waals surface area contributed by atoms with Crippen molar-refractivity contribution < 1.29 is 4.42 Å². The van der Waals surface area contributed by atoms with Gasteiger partial charge in [0.05, 0.1) is 0 Å². The van der Waals surface area contributed by atoms with Gasteiger partial charge < -0.3 is 4.42 Å². The Balaban J connectivity index is 1.05. The number of fused-ring (bicyclic) bond motifs is 6. The number of aromatic nitrogens is 4. The molecular formula is C48H28N4O. The lowest BCUT2D eigenvalue weighted by molar-refractivity contribution is 0.669. The lowest BCUT2D eigenvalue weighted by Gasteiger charge is -2.12. The van der Waals surface area contributed by atoms with Gasteiger partial charge in [-0.25, -0.2) is 15.0 Å². The largest absolute Gasteiger partial charge is 0.456 e. The highest BCUT2D eigenvalue weighted by Gasteiger charge is 2.23. The van der Waals surface area contributed by atoms with Crippen molar-refractivity contribution in [2.75, 3.05) is 0 Å². The van der Waals surface area contributed by atoms with E-state index in [2.05, 4.69) is 126 Å². The third-order valence-electron chi connectivity index (χ3n) is 10.4. The van der Waals surface area contributed by atoms with Gasteiger partial charge in [0.1, 0.15) is 11.2 Å². The summed E-state index contributed by atoms with van der Waals surface area (Å²) in [6.07, 6.45) is 3.85. The van der Waals surface area contributed by atoms with Gasteiger partial charge in [-0.2, -0.15) is 0 Å². The first-order chi connectivity index (χ1) is 26.3. The molecule has 3 heterocycles. The lowest BCUT2D eigenvalue weighted by atomic mass is 9.94. The highest BCUT2D eigenvalue weighted by Crippen LogP contribution is 2.49. The van der Waals surface area contributed by atoms with Gasteiger partial charge >= 0.3 is 0 Å². The number of rotatable bonds is 5. The Hall–Kier alpha value is -7.24. The molecule has 0 fully saturated rings. The van der Waals surface area contributed by atoms with E-state index < -0.39 is 0 Å². The zero-order valence-corrected chi connectivity index (χ0v) is 28.4. The Morgan fingerprint density at radius 2 is 0.906 bits per heavy atom. The minimum absolute atomic E-state index is 0.597. The number of hydrogen-bond donors (Lipinski definition) is 0. The molecule has 5 heteroatoms. The maximum Gasteiger partial charge on any atom is 0.164 e. The van der Waals surface area contributed by atoms with Crippen molar-refractivity contribution in [1.29, 1.82) is 0 Å². The summed E-state index contributed by atoms with van der Waals surface area (Å²) < 4.78 is 6.25. The fourth-order valence-electron chi connectivity index (χ4n) is 7.91. The highest BCUT2D eigenvalue weighted by atomic mass is 16.3. The zero-order valence-electron chi connectivity index (χ0n) is 28.4. The lowest BCUT2D eigenvalue weighted by Crippen LogP contribution is -2.00. The van der Waals surface area contributed by atoms with Gasteiger partial charge in [-0.05, 0) is 67.9 Å². The van der Waals surface area contributed by atoms with Gasteiger partial charge in [0.25, 0.3) is 0 Å². The number of hydrogen-bond acceptors (Lipinski definition) is 5. The average Bonchev–Trinajstić information content (AvgIpc) is 3.78. The maximum atomic E-state index is 6.25. The molecule has 0 aliphatic heterocycles. The summed E-state index contributed by atoms with van der Waals surface area (Å²) in [7, 11) is 0.